The first kappa shape index (κ1) is 29.5. The van der Waals surface area contributed by atoms with Crippen molar-refractivity contribution in [2.75, 3.05) is 64.0 Å². The van der Waals surface area contributed by atoms with Crippen LogP contribution in [0.25, 0.3) is 0 Å². The Balaban J connectivity index is 1.09. The molecule has 0 saturated carbocycles. The number of anilines is 1. The third kappa shape index (κ3) is 8.73. The van der Waals surface area contributed by atoms with E-state index in [4.69, 9.17) is 26.6 Å². The minimum atomic E-state index is -0.421. The maximum Gasteiger partial charge on any atom is 0.227 e. The fraction of sp³-hybridized carbons (Fsp3) is 0.607. The first-order valence-electron chi connectivity index (χ1n) is 13.8. The summed E-state index contributed by atoms with van der Waals surface area (Å²) in [7, 11) is 0. The van der Waals surface area contributed by atoms with Gasteiger partial charge in [-0.3, -0.25) is 4.79 Å². The summed E-state index contributed by atoms with van der Waals surface area (Å²) in [5.41, 5.74) is 0.374. The van der Waals surface area contributed by atoms with E-state index >= 15 is 0 Å². The number of amides is 1. The number of ether oxygens (including phenoxy) is 1. The second kappa shape index (κ2) is 14.7. The highest BCUT2D eigenvalue weighted by atomic mass is 35.5. The van der Waals surface area contributed by atoms with Crippen LogP contribution >= 0.6 is 11.6 Å². The summed E-state index contributed by atoms with van der Waals surface area (Å²) < 4.78 is 20.4. The van der Waals surface area contributed by atoms with Crippen LogP contribution < -0.4 is 15.0 Å². The second-order valence-corrected chi connectivity index (χ2v) is 11.0. The molecule has 0 unspecified atom stereocenters. The molecule has 0 aliphatic carbocycles. The highest BCUT2D eigenvalue weighted by molar-refractivity contribution is 6.30. The van der Waals surface area contributed by atoms with Crippen molar-refractivity contribution in [2.24, 2.45) is 17.8 Å². The number of aliphatic hydroxyl groups excluding tert-OH is 2. The van der Waals surface area contributed by atoms with Crippen LogP contribution in [0.3, 0.4) is 0 Å². The third-order valence-electron chi connectivity index (χ3n) is 7.59. The normalized spacial score (nSPS) is 16.5. The Labute approximate surface area is 234 Å². The van der Waals surface area contributed by atoms with Crippen molar-refractivity contribution in [2.45, 2.75) is 32.1 Å². The van der Waals surface area contributed by atoms with Gasteiger partial charge in [0.15, 0.2) is 0 Å². The van der Waals surface area contributed by atoms with Crippen LogP contribution in [0.5, 0.6) is 5.75 Å². The number of piperidine rings is 1. The first-order valence-corrected chi connectivity index (χ1v) is 14.2. The Morgan fingerprint density at radius 3 is 2.54 bits per heavy atom. The maximum atomic E-state index is 14.7. The molecule has 2 aliphatic heterocycles. The number of hydrogen-bond donors (Lipinski definition) is 3. The standard InChI is InChI=1S/C28H39ClFN5O4/c29-24-14-32-28(33-15-24)34-7-5-20(6-8-34)2-1-9-39-25-4-3-23(26(30)11-25)10-27(38)35-16-21(17-35)12-31-13-22(18-36)19-37/h3-4,11,14-15,20-22,31,36-37H,1-2,5-10,12-13,16-19H2. The molecule has 11 heteroatoms. The number of carbonyl (C=O) groups excluding carboxylic acids is 1. The number of likely N-dealkylation sites (tertiary alicyclic amines) is 1. The van der Waals surface area contributed by atoms with Gasteiger partial charge in [0.25, 0.3) is 0 Å². The number of hydrogen-bond acceptors (Lipinski definition) is 8. The topological polar surface area (TPSA) is 111 Å². The Bertz CT molecular complexity index is 1040. The summed E-state index contributed by atoms with van der Waals surface area (Å²) in [5, 5.41) is 22.0. The molecule has 0 bridgehead atoms. The van der Waals surface area contributed by atoms with Gasteiger partial charge in [0, 0.05) is 70.4 Å². The van der Waals surface area contributed by atoms with Crippen molar-refractivity contribution in [3.8, 4) is 5.75 Å². The van der Waals surface area contributed by atoms with Crippen molar-refractivity contribution in [3.63, 3.8) is 0 Å². The van der Waals surface area contributed by atoms with Crippen LogP contribution in [-0.4, -0.2) is 90.1 Å². The molecule has 2 fully saturated rings. The van der Waals surface area contributed by atoms with Gasteiger partial charge in [-0.1, -0.05) is 17.7 Å². The summed E-state index contributed by atoms with van der Waals surface area (Å²) >= 11 is 5.87. The Morgan fingerprint density at radius 2 is 1.87 bits per heavy atom. The van der Waals surface area contributed by atoms with Gasteiger partial charge in [0.1, 0.15) is 11.6 Å². The summed E-state index contributed by atoms with van der Waals surface area (Å²) in [6.45, 7) is 4.77. The van der Waals surface area contributed by atoms with E-state index in [0.717, 1.165) is 51.3 Å². The zero-order chi connectivity index (χ0) is 27.6. The molecule has 3 N–H and O–H groups in total. The molecule has 9 nitrogen and oxygen atoms in total. The van der Waals surface area contributed by atoms with Gasteiger partial charge < -0.3 is 30.1 Å². The summed E-state index contributed by atoms with van der Waals surface area (Å²) in [4.78, 5) is 25.1. The van der Waals surface area contributed by atoms with Crippen LogP contribution in [0.1, 0.15) is 31.2 Å². The number of rotatable bonds is 14. The first-order chi connectivity index (χ1) is 18.9. The van der Waals surface area contributed by atoms with Gasteiger partial charge in [-0.25, -0.2) is 14.4 Å². The molecule has 4 rings (SSSR count). The van der Waals surface area contributed by atoms with Crippen molar-refractivity contribution < 1.29 is 24.1 Å². The fourth-order valence-electron chi connectivity index (χ4n) is 5.07. The highest BCUT2D eigenvalue weighted by Crippen LogP contribution is 2.25. The second-order valence-electron chi connectivity index (χ2n) is 10.6. The maximum absolute atomic E-state index is 14.7. The molecule has 39 heavy (non-hydrogen) atoms. The van der Waals surface area contributed by atoms with Gasteiger partial charge in [-0.15, -0.1) is 0 Å². The molecule has 0 atom stereocenters. The van der Waals surface area contributed by atoms with Crippen LogP contribution in [0, 0.1) is 23.6 Å². The number of benzene rings is 1. The van der Waals surface area contributed by atoms with Gasteiger partial charge in [-0.2, -0.15) is 0 Å². The molecular formula is C28H39ClFN5O4. The molecule has 3 heterocycles. The minimum absolute atomic E-state index is 0.0309. The third-order valence-corrected chi connectivity index (χ3v) is 7.78. The highest BCUT2D eigenvalue weighted by Gasteiger charge is 2.30. The van der Waals surface area contributed by atoms with Crippen LogP contribution in [0.2, 0.25) is 5.02 Å². The number of aliphatic hydroxyl groups is 2. The molecule has 2 aromatic rings. The molecule has 0 radical (unpaired) electrons. The molecule has 2 saturated heterocycles. The number of nitrogens with one attached hydrogen (secondary N) is 1. The Morgan fingerprint density at radius 1 is 1.15 bits per heavy atom. The van der Waals surface area contributed by atoms with E-state index in [1.165, 1.54) is 6.07 Å². The van der Waals surface area contributed by atoms with Crippen LogP contribution in [0.4, 0.5) is 10.3 Å². The lowest BCUT2D eigenvalue weighted by molar-refractivity contribution is -0.136. The average molecular weight is 564 g/mol. The smallest absolute Gasteiger partial charge is 0.227 e. The number of aromatic nitrogens is 2. The van der Waals surface area contributed by atoms with Gasteiger partial charge in [-0.05, 0) is 43.2 Å². The number of halogens is 2. The van der Waals surface area contributed by atoms with Crippen molar-refractivity contribution in [3.05, 3.63) is 47.0 Å². The van der Waals surface area contributed by atoms with Crippen molar-refractivity contribution in [1.29, 1.82) is 0 Å². The zero-order valence-corrected chi connectivity index (χ0v) is 23.0. The lowest BCUT2D eigenvalue weighted by Crippen LogP contribution is -2.54. The lowest BCUT2D eigenvalue weighted by atomic mass is 9.92. The predicted octanol–water partition coefficient (Wildman–Crippen LogP) is 2.54. The molecule has 1 amide bonds. The van der Waals surface area contributed by atoms with E-state index in [9.17, 15) is 9.18 Å². The van der Waals surface area contributed by atoms with Crippen LogP contribution in [0.15, 0.2) is 30.6 Å². The van der Waals surface area contributed by atoms with E-state index in [1.54, 1.807) is 29.4 Å². The predicted molar refractivity (Wildman–Crippen MR) is 147 cm³/mol. The molecule has 214 valence electrons. The summed E-state index contributed by atoms with van der Waals surface area (Å²) in [5.74, 6) is 1.49. The van der Waals surface area contributed by atoms with E-state index in [0.29, 0.717) is 54.4 Å². The molecule has 1 aromatic carbocycles. The van der Waals surface area contributed by atoms with E-state index < -0.39 is 5.82 Å². The van der Waals surface area contributed by atoms with E-state index in [1.807, 2.05) is 0 Å². The van der Waals surface area contributed by atoms with Crippen molar-refractivity contribution >= 4 is 23.5 Å². The number of carbonyl (C=O) groups is 1. The van der Waals surface area contributed by atoms with E-state index in [-0.39, 0.29) is 31.5 Å². The largest absolute Gasteiger partial charge is 0.493 e. The van der Waals surface area contributed by atoms with Crippen LogP contribution in [-0.2, 0) is 11.2 Å². The molecule has 1 aromatic heterocycles. The monoisotopic (exact) mass is 563 g/mol. The van der Waals surface area contributed by atoms with Crippen molar-refractivity contribution in [1.82, 2.24) is 20.2 Å². The minimum Gasteiger partial charge on any atom is -0.493 e. The van der Waals surface area contributed by atoms with Gasteiger partial charge in [0.05, 0.1) is 30.4 Å². The Hall–Kier alpha value is -2.53. The number of nitrogens with zero attached hydrogens (tertiary/aromatic N) is 4. The summed E-state index contributed by atoms with van der Waals surface area (Å²) in [6, 6.07) is 4.74. The lowest BCUT2D eigenvalue weighted by Gasteiger charge is -2.39. The Kier molecular flexibility index (Phi) is 11.1. The molecule has 2 aliphatic rings. The SMILES string of the molecule is O=C(Cc1ccc(OCCCC2CCN(c3ncc(Cl)cn3)CC2)cc1F)N1CC(CNCC(CO)CO)C1. The summed E-state index contributed by atoms with van der Waals surface area (Å²) in [6.07, 6.45) is 7.38. The van der Waals surface area contributed by atoms with E-state index in [2.05, 4.69) is 20.2 Å². The van der Waals surface area contributed by atoms with Gasteiger partial charge >= 0.3 is 0 Å². The molecular weight excluding hydrogens is 525 g/mol. The molecule has 0 spiro atoms. The zero-order valence-electron chi connectivity index (χ0n) is 22.3. The average Bonchev–Trinajstić information content (AvgIpc) is 2.92. The quantitative estimate of drug-likeness (QED) is 0.301. The van der Waals surface area contributed by atoms with Gasteiger partial charge in [0.2, 0.25) is 11.9 Å². The fourth-order valence-corrected chi connectivity index (χ4v) is 5.17.